The molecule has 25 heavy (non-hydrogen) atoms. The van der Waals surface area contributed by atoms with Crippen molar-refractivity contribution in [3.05, 3.63) is 0 Å². The SMILES string of the molecule is CN=C(NCCCN1CC(C)CC(C)C1)NCC1(CCO)CCOC1. The van der Waals surface area contributed by atoms with E-state index in [0.717, 1.165) is 69.9 Å². The summed E-state index contributed by atoms with van der Waals surface area (Å²) in [7, 11) is 1.81. The van der Waals surface area contributed by atoms with Crippen LogP contribution in [-0.2, 0) is 4.74 Å². The van der Waals surface area contributed by atoms with Crippen molar-refractivity contribution in [2.24, 2.45) is 22.2 Å². The zero-order valence-electron chi connectivity index (χ0n) is 16.4. The van der Waals surface area contributed by atoms with Crippen LogP contribution in [0.5, 0.6) is 0 Å². The van der Waals surface area contributed by atoms with Gasteiger partial charge in [-0.1, -0.05) is 13.8 Å². The Kier molecular flexibility index (Phi) is 8.46. The number of aliphatic hydroxyl groups is 1. The van der Waals surface area contributed by atoms with Crippen LogP contribution in [0.3, 0.4) is 0 Å². The van der Waals surface area contributed by atoms with Crippen LogP contribution in [0.2, 0.25) is 0 Å². The lowest BCUT2D eigenvalue weighted by atomic mass is 9.84. The monoisotopic (exact) mass is 354 g/mol. The van der Waals surface area contributed by atoms with E-state index in [0.29, 0.717) is 0 Å². The highest BCUT2D eigenvalue weighted by Crippen LogP contribution is 2.31. The Labute approximate surface area is 153 Å². The molecule has 6 nitrogen and oxygen atoms in total. The maximum atomic E-state index is 9.31. The van der Waals surface area contributed by atoms with Gasteiger partial charge in [0.2, 0.25) is 0 Å². The molecule has 0 aliphatic carbocycles. The minimum absolute atomic E-state index is 0.0481. The van der Waals surface area contributed by atoms with Crippen molar-refractivity contribution in [1.29, 1.82) is 0 Å². The van der Waals surface area contributed by atoms with E-state index in [4.69, 9.17) is 4.74 Å². The summed E-state index contributed by atoms with van der Waals surface area (Å²) >= 11 is 0. The number of hydrogen-bond acceptors (Lipinski definition) is 4. The Hall–Kier alpha value is -0.850. The van der Waals surface area contributed by atoms with Crippen molar-refractivity contribution < 1.29 is 9.84 Å². The van der Waals surface area contributed by atoms with Crippen molar-refractivity contribution >= 4 is 5.96 Å². The van der Waals surface area contributed by atoms with Gasteiger partial charge >= 0.3 is 0 Å². The first kappa shape index (κ1) is 20.5. The third kappa shape index (κ3) is 6.76. The summed E-state index contributed by atoms with van der Waals surface area (Å²) < 4.78 is 5.55. The molecule has 0 spiro atoms. The van der Waals surface area contributed by atoms with Gasteiger partial charge < -0.3 is 25.4 Å². The van der Waals surface area contributed by atoms with Gasteiger partial charge in [-0.15, -0.1) is 0 Å². The molecule has 0 saturated carbocycles. The molecule has 0 aromatic heterocycles. The lowest BCUT2D eigenvalue weighted by Gasteiger charge is -2.35. The molecule has 2 rings (SSSR count). The number of likely N-dealkylation sites (tertiary alicyclic amines) is 1. The summed E-state index contributed by atoms with van der Waals surface area (Å²) in [5.74, 6) is 2.49. The van der Waals surface area contributed by atoms with Crippen LogP contribution in [0.15, 0.2) is 4.99 Å². The number of guanidine groups is 1. The summed E-state index contributed by atoms with van der Waals surface area (Å²) in [6.45, 7) is 11.8. The molecule has 0 aromatic carbocycles. The van der Waals surface area contributed by atoms with E-state index in [1.54, 1.807) is 0 Å². The van der Waals surface area contributed by atoms with Crippen LogP contribution >= 0.6 is 0 Å². The molecule has 3 N–H and O–H groups in total. The number of rotatable bonds is 8. The summed E-state index contributed by atoms with van der Waals surface area (Å²) in [6.07, 6.45) is 4.28. The summed E-state index contributed by atoms with van der Waals surface area (Å²) in [6, 6.07) is 0. The van der Waals surface area contributed by atoms with E-state index in [1.165, 1.54) is 19.5 Å². The molecule has 3 atom stereocenters. The van der Waals surface area contributed by atoms with Gasteiger partial charge in [-0.25, -0.2) is 0 Å². The van der Waals surface area contributed by atoms with Crippen molar-refractivity contribution in [2.75, 3.05) is 59.6 Å². The quantitative estimate of drug-likeness (QED) is 0.348. The standard InChI is InChI=1S/C19H38N4O2/c1-16-11-17(2)13-23(12-16)8-4-7-21-18(20-3)22-14-19(5-9-24)6-10-25-15-19/h16-17,24H,4-15H2,1-3H3,(H2,20,21,22). The smallest absolute Gasteiger partial charge is 0.190 e. The van der Waals surface area contributed by atoms with Crippen molar-refractivity contribution in [3.8, 4) is 0 Å². The predicted octanol–water partition coefficient (Wildman–Crippen LogP) is 1.31. The number of nitrogens with one attached hydrogen (secondary N) is 2. The highest BCUT2D eigenvalue weighted by atomic mass is 16.5. The van der Waals surface area contributed by atoms with Crippen LogP contribution in [0.1, 0.15) is 39.5 Å². The zero-order valence-corrected chi connectivity index (χ0v) is 16.4. The average Bonchev–Trinajstić information content (AvgIpc) is 3.02. The van der Waals surface area contributed by atoms with Gasteiger partial charge in [0.25, 0.3) is 0 Å². The zero-order chi connectivity index (χ0) is 18.1. The van der Waals surface area contributed by atoms with Crippen LogP contribution in [0.4, 0.5) is 0 Å². The molecule has 2 aliphatic rings. The molecule has 2 saturated heterocycles. The van der Waals surface area contributed by atoms with Crippen molar-refractivity contribution in [2.45, 2.75) is 39.5 Å². The largest absolute Gasteiger partial charge is 0.396 e. The number of aliphatic imine (C=N–C) groups is 1. The minimum atomic E-state index is 0.0481. The fourth-order valence-corrected chi connectivity index (χ4v) is 4.29. The van der Waals surface area contributed by atoms with Crippen molar-refractivity contribution in [3.63, 3.8) is 0 Å². The topological polar surface area (TPSA) is 69.1 Å². The first-order valence-electron chi connectivity index (χ1n) is 9.92. The molecular formula is C19H38N4O2. The lowest BCUT2D eigenvalue weighted by Crippen LogP contribution is -2.45. The number of nitrogens with zero attached hydrogens (tertiary/aromatic N) is 2. The van der Waals surface area contributed by atoms with Crippen molar-refractivity contribution in [1.82, 2.24) is 15.5 Å². The number of piperidine rings is 1. The third-order valence-electron chi connectivity index (χ3n) is 5.57. The van der Waals surface area contributed by atoms with Gasteiger partial charge in [-0.05, 0) is 44.1 Å². The van der Waals surface area contributed by atoms with Gasteiger partial charge in [-0.3, -0.25) is 4.99 Å². The molecule has 146 valence electrons. The first-order chi connectivity index (χ1) is 12.1. The molecule has 3 unspecified atom stereocenters. The van der Waals surface area contributed by atoms with E-state index < -0.39 is 0 Å². The Morgan fingerprint density at radius 3 is 2.64 bits per heavy atom. The fourth-order valence-electron chi connectivity index (χ4n) is 4.29. The first-order valence-corrected chi connectivity index (χ1v) is 9.92. The molecular weight excluding hydrogens is 316 g/mol. The molecule has 2 fully saturated rings. The van der Waals surface area contributed by atoms with Gasteiger partial charge in [0.05, 0.1) is 6.61 Å². The Balaban J connectivity index is 1.65. The number of aliphatic hydroxyl groups excluding tert-OH is 1. The Morgan fingerprint density at radius 1 is 1.28 bits per heavy atom. The lowest BCUT2D eigenvalue weighted by molar-refractivity contribution is 0.127. The van der Waals surface area contributed by atoms with Gasteiger partial charge in [0.1, 0.15) is 0 Å². The second-order valence-corrected chi connectivity index (χ2v) is 8.19. The van der Waals surface area contributed by atoms with Crippen LogP contribution < -0.4 is 10.6 Å². The van der Waals surface area contributed by atoms with Crippen LogP contribution in [0, 0.1) is 17.3 Å². The van der Waals surface area contributed by atoms with E-state index >= 15 is 0 Å². The molecule has 2 aliphatic heterocycles. The van der Waals surface area contributed by atoms with Crippen LogP contribution in [0.25, 0.3) is 0 Å². The number of hydrogen-bond donors (Lipinski definition) is 3. The van der Waals surface area contributed by atoms with E-state index in [2.05, 4.69) is 34.4 Å². The average molecular weight is 355 g/mol. The Bertz CT molecular complexity index is 400. The molecule has 0 aromatic rings. The third-order valence-corrected chi connectivity index (χ3v) is 5.57. The van der Waals surface area contributed by atoms with Crippen LogP contribution in [-0.4, -0.2) is 75.6 Å². The number of ether oxygens (including phenoxy) is 1. The predicted molar refractivity (Wildman–Crippen MR) is 103 cm³/mol. The fraction of sp³-hybridized carbons (Fsp3) is 0.947. The molecule has 2 heterocycles. The normalized spacial score (nSPS) is 31.3. The maximum absolute atomic E-state index is 9.31. The summed E-state index contributed by atoms with van der Waals surface area (Å²) in [5.41, 5.74) is 0.0481. The molecule has 0 amide bonds. The van der Waals surface area contributed by atoms with Gasteiger partial charge in [-0.2, -0.15) is 0 Å². The highest BCUT2D eigenvalue weighted by Gasteiger charge is 2.34. The molecule has 0 radical (unpaired) electrons. The minimum Gasteiger partial charge on any atom is -0.396 e. The second-order valence-electron chi connectivity index (χ2n) is 8.19. The second kappa shape index (κ2) is 10.3. The van der Waals surface area contributed by atoms with E-state index in [9.17, 15) is 5.11 Å². The molecule has 0 bridgehead atoms. The summed E-state index contributed by atoms with van der Waals surface area (Å²) in [4.78, 5) is 6.93. The molecule has 6 heteroatoms. The Morgan fingerprint density at radius 2 is 2.04 bits per heavy atom. The van der Waals surface area contributed by atoms with Gasteiger partial charge in [0.15, 0.2) is 5.96 Å². The summed E-state index contributed by atoms with van der Waals surface area (Å²) in [5, 5.41) is 16.2. The van der Waals surface area contributed by atoms with E-state index in [1.807, 2.05) is 7.05 Å². The van der Waals surface area contributed by atoms with Gasteiger partial charge in [0, 0.05) is 51.9 Å². The maximum Gasteiger partial charge on any atom is 0.190 e. The van der Waals surface area contributed by atoms with E-state index in [-0.39, 0.29) is 12.0 Å². The highest BCUT2D eigenvalue weighted by molar-refractivity contribution is 5.79.